The van der Waals surface area contributed by atoms with Gasteiger partial charge >= 0.3 is 0 Å². The molecule has 0 bridgehead atoms. The van der Waals surface area contributed by atoms with Gasteiger partial charge in [0.1, 0.15) is 0 Å². The molecule has 6 nitrogen and oxygen atoms in total. The summed E-state index contributed by atoms with van der Waals surface area (Å²) in [7, 11) is 0. The largest absolute Gasteiger partial charge is 0.351 e. The van der Waals surface area contributed by atoms with Crippen LogP contribution in [0.2, 0.25) is 0 Å². The van der Waals surface area contributed by atoms with Crippen LogP contribution in [0, 0.1) is 5.92 Å². The highest BCUT2D eigenvalue weighted by Gasteiger charge is 2.32. The predicted molar refractivity (Wildman–Crippen MR) is 135 cm³/mol. The SMILES string of the molecule is O=C(N[C@@H]1CCCC[C@H]1NC(=O)C1CCN(C(=O)CSc2ccccc2)CC1)c1ccccc1. The number of benzene rings is 2. The van der Waals surface area contributed by atoms with Crippen molar-refractivity contribution in [2.45, 2.75) is 55.5 Å². The van der Waals surface area contributed by atoms with Crippen molar-refractivity contribution in [3.8, 4) is 0 Å². The van der Waals surface area contributed by atoms with E-state index in [1.165, 1.54) is 0 Å². The van der Waals surface area contributed by atoms with E-state index in [1.54, 1.807) is 23.9 Å². The van der Waals surface area contributed by atoms with Gasteiger partial charge in [-0.1, -0.05) is 49.2 Å². The monoisotopic (exact) mass is 479 g/mol. The van der Waals surface area contributed by atoms with Crippen molar-refractivity contribution >= 4 is 29.5 Å². The van der Waals surface area contributed by atoms with Crippen LogP contribution >= 0.6 is 11.8 Å². The lowest BCUT2D eigenvalue weighted by Crippen LogP contribution is -2.55. The summed E-state index contributed by atoms with van der Waals surface area (Å²) in [6.07, 6.45) is 5.21. The fourth-order valence-electron chi connectivity index (χ4n) is 4.76. The zero-order valence-electron chi connectivity index (χ0n) is 19.4. The van der Waals surface area contributed by atoms with Gasteiger partial charge < -0.3 is 15.5 Å². The molecule has 4 rings (SSSR count). The fraction of sp³-hybridized carbons (Fsp3) is 0.444. The Kier molecular flexibility index (Phi) is 8.63. The first-order valence-corrected chi connectivity index (χ1v) is 13.2. The van der Waals surface area contributed by atoms with Crippen LogP contribution in [0.5, 0.6) is 0 Å². The molecule has 1 saturated heterocycles. The van der Waals surface area contributed by atoms with Gasteiger partial charge in [0, 0.05) is 41.6 Å². The molecule has 1 heterocycles. The average molecular weight is 480 g/mol. The molecule has 3 amide bonds. The Morgan fingerprint density at radius 2 is 1.38 bits per heavy atom. The lowest BCUT2D eigenvalue weighted by molar-refractivity contribution is -0.134. The molecule has 180 valence electrons. The number of carbonyl (C=O) groups is 3. The van der Waals surface area contributed by atoms with E-state index in [2.05, 4.69) is 10.6 Å². The quantitative estimate of drug-likeness (QED) is 0.591. The number of thioether (sulfide) groups is 1. The van der Waals surface area contributed by atoms with E-state index in [0.29, 0.717) is 37.2 Å². The Hall–Kier alpha value is -2.80. The van der Waals surface area contributed by atoms with Crippen LogP contribution in [0.25, 0.3) is 0 Å². The maximum Gasteiger partial charge on any atom is 0.251 e. The Balaban J connectivity index is 1.23. The third kappa shape index (κ3) is 6.63. The molecule has 2 atom stereocenters. The van der Waals surface area contributed by atoms with Crippen LogP contribution < -0.4 is 10.6 Å². The highest BCUT2D eigenvalue weighted by atomic mass is 32.2. The topological polar surface area (TPSA) is 78.5 Å². The van der Waals surface area contributed by atoms with Crippen LogP contribution in [-0.4, -0.2) is 53.5 Å². The first kappa shape index (κ1) is 24.3. The van der Waals surface area contributed by atoms with Gasteiger partial charge in [-0.2, -0.15) is 0 Å². The molecule has 2 aromatic carbocycles. The van der Waals surface area contributed by atoms with E-state index in [-0.39, 0.29) is 35.7 Å². The lowest BCUT2D eigenvalue weighted by Gasteiger charge is -2.36. The van der Waals surface area contributed by atoms with Crippen molar-refractivity contribution in [2.75, 3.05) is 18.8 Å². The average Bonchev–Trinajstić information content (AvgIpc) is 2.89. The van der Waals surface area contributed by atoms with Crippen LogP contribution in [-0.2, 0) is 9.59 Å². The number of hydrogen-bond donors (Lipinski definition) is 2. The number of rotatable bonds is 7. The van der Waals surface area contributed by atoms with Gasteiger partial charge in [-0.3, -0.25) is 14.4 Å². The Bertz CT molecular complexity index is 962. The first-order valence-electron chi connectivity index (χ1n) is 12.2. The van der Waals surface area contributed by atoms with Crippen molar-refractivity contribution in [3.05, 3.63) is 66.2 Å². The summed E-state index contributed by atoms with van der Waals surface area (Å²) in [6, 6.07) is 19.0. The third-order valence-electron chi connectivity index (χ3n) is 6.77. The summed E-state index contributed by atoms with van der Waals surface area (Å²) >= 11 is 1.55. The zero-order chi connectivity index (χ0) is 23.8. The number of amides is 3. The first-order chi connectivity index (χ1) is 16.6. The molecule has 7 heteroatoms. The maximum atomic E-state index is 13.0. The van der Waals surface area contributed by atoms with Crippen LogP contribution in [0.4, 0.5) is 0 Å². The highest BCUT2D eigenvalue weighted by molar-refractivity contribution is 8.00. The molecular weight excluding hydrogens is 446 g/mol. The second-order valence-electron chi connectivity index (χ2n) is 9.10. The molecule has 2 aromatic rings. The molecule has 2 aliphatic rings. The van der Waals surface area contributed by atoms with Gasteiger partial charge in [0.05, 0.1) is 5.75 Å². The smallest absolute Gasteiger partial charge is 0.251 e. The molecule has 0 spiro atoms. The molecule has 2 fully saturated rings. The van der Waals surface area contributed by atoms with Crippen LogP contribution in [0.15, 0.2) is 65.6 Å². The van der Waals surface area contributed by atoms with Crippen LogP contribution in [0.1, 0.15) is 48.9 Å². The highest BCUT2D eigenvalue weighted by Crippen LogP contribution is 2.23. The van der Waals surface area contributed by atoms with Gasteiger partial charge in [0.2, 0.25) is 11.8 Å². The van der Waals surface area contributed by atoms with E-state index in [1.807, 2.05) is 53.4 Å². The van der Waals surface area contributed by atoms with Crippen molar-refractivity contribution in [1.29, 1.82) is 0 Å². The third-order valence-corrected chi connectivity index (χ3v) is 7.77. The minimum absolute atomic E-state index is 0.0455. The van der Waals surface area contributed by atoms with E-state index < -0.39 is 0 Å². The van der Waals surface area contributed by atoms with E-state index in [4.69, 9.17) is 0 Å². The zero-order valence-corrected chi connectivity index (χ0v) is 20.3. The molecule has 1 saturated carbocycles. The number of likely N-dealkylation sites (tertiary alicyclic amines) is 1. The van der Waals surface area contributed by atoms with Gasteiger partial charge in [-0.05, 0) is 49.9 Å². The summed E-state index contributed by atoms with van der Waals surface area (Å²) in [6.45, 7) is 1.23. The molecule has 34 heavy (non-hydrogen) atoms. The summed E-state index contributed by atoms with van der Waals surface area (Å²) < 4.78 is 0. The summed E-state index contributed by atoms with van der Waals surface area (Å²) in [5.74, 6) is 0.427. The molecular formula is C27H33N3O3S. The van der Waals surface area contributed by atoms with Crippen molar-refractivity contribution < 1.29 is 14.4 Å². The summed E-state index contributed by atoms with van der Waals surface area (Å²) in [4.78, 5) is 41.2. The number of hydrogen-bond acceptors (Lipinski definition) is 4. The molecule has 0 aromatic heterocycles. The minimum Gasteiger partial charge on any atom is -0.351 e. The molecule has 1 aliphatic heterocycles. The van der Waals surface area contributed by atoms with Gasteiger partial charge in [0.25, 0.3) is 5.91 Å². The predicted octanol–water partition coefficient (Wildman–Crippen LogP) is 3.87. The maximum absolute atomic E-state index is 13.0. The normalized spacial score (nSPS) is 21.0. The molecule has 0 radical (unpaired) electrons. The van der Waals surface area contributed by atoms with Gasteiger partial charge in [-0.15, -0.1) is 11.8 Å². The Morgan fingerprint density at radius 3 is 2.03 bits per heavy atom. The van der Waals surface area contributed by atoms with Gasteiger partial charge in [-0.25, -0.2) is 0 Å². The summed E-state index contributed by atoms with van der Waals surface area (Å²) in [5.41, 5.74) is 0.639. The van der Waals surface area contributed by atoms with Crippen molar-refractivity contribution in [1.82, 2.24) is 15.5 Å². The van der Waals surface area contributed by atoms with Crippen molar-refractivity contribution in [2.24, 2.45) is 5.92 Å². The number of piperidine rings is 1. The second-order valence-corrected chi connectivity index (χ2v) is 10.2. The minimum atomic E-state index is -0.0908. The molecule has 1 aliphatic carbocycles. The van der Waals surface area contributed by atoms with E-state index >= 15 is 0 Å². The lowest BCUT2D eigenvalue weighted by atomic mass is 9.88. The number of nitrogens with zero attached hydrogens (tertiary/aromatic N) is 1. The molecule has 0 unspecified atom stereocenters. The fourth-order valence-corrected chi connectivity index (χ4v) is 5.58. The van der Waals surface area contributed by atoms with Crippen molar-refractivity contribution in [3.63, 3.8) is 0 Å². The van der Waals surface area contributed by atoms with E-state index in [0.717, 1.165) is 30.6 Å². The Morgan fingerprint density at radius 1 is 0.794 bits per heavy atom. The van der Waals surface area contributed by atoms with E-state index in [9.17, 15) is 14.4 Å². The van der Waals surface area contributed by atoms with Crippen LogP contribution in [0.3, 0.4) is 0 Å². The standard InChI is InChI=1S/C27H33N3O3S/c31-25(19-34-22-11-5-2-6-12-22)30-17-15-21(16-18-30)27(33)29-24-14-8-7-13-23(24)28-26(32)20-9-3-1-4-10-20/h1-6,9-12,21,23-24H,7-8,13-19H2,(H,28,32)(H,29,33)/t23-,24-/m1/s1. The number of carbonyl (C=O) groups excluding carboxylic acids is 3. The van der Waals surface area contributed by atoms with Gasteiger partial charge in [0.15, 0.2) is 0 Å². The second kappa shape index (κ2) is 12.1. The Labute approximate surface area is 205 Å². The molecule has 2 N–H and O–H groups in total. The summed E-state index contributed by atoms with van der Waals surface area (Å²) in [5, 5.41) is 6.36. The number of nitrogens with one attached hydrogen (secondary N) is 2.